The van der Waals surface area contributed by atoms with Gasteiger partial charge in [0.1, 0.15) is 5.69 Å². The Labute approximate surface area is 119 Å². The molecule has 1 aromatic heterocycles. The minimum Gasteiger partial charge on any atom is -0.504 e. The number of hydrogen-bond donors (Lipinski definition) is 2. The first-order chi connectivity index (χ1) is 9.58. The number of benzene rings is 1. The number of ether oxygens (including phenoxy) is 2. The van der Waals surface area contributed by atoms with Crippen LogP contribution >= 0.6 is 11.6 Å². The molecule has 0 spiro atoms. The molecule has 1 heterocycles. The molecular formula is C12H12ClN3O4. The summed E-state index contributed by atoms with van der Waals surface area (Å²) in [6.07, 6.45) is 0. The first-order valence-electron chi connectivity index (χ1n) is 5.73. The number of carbonyl (C=O) groups excluding carboxylic acids is 1. The molecule has 2 N–H and O–H groups in total. The zero-order chi connectivity index (χ0) is 14.7. The van der Waals surface area contributed by atoms with Crippen LogP contribution in [0.1, 0.15) is 17.4 Å². The number of aromatic nitrogens is 3. The van der Waals surface area contributed by atoms with E-state index in [2.05, 4.69) is 15.4 Å². The molecule has 0 aliphatic heterocycles. The number of phenolic OH excluding ortho intramolecular Hbond substituents is 1. The summed E-state index contributed by atoms with van der Waals surface area (Å²) in [5, 5.41) is 19.8. The number of aromatic hydroxyl groups is 1. The summed E-state index contributed by atoms with van der Waals surface area (Å²) in [6, 6.07) is 2.78. The molecule has 0 amide bonds. The Bertz CT molecular complexity index is 642. The van der Waals surface area contributed by atoms with Crippen molar-refractivity contribution in [2.45, 2.75) is 6.92 Å². The molecule has 0 aliphatic carbocycles. The molecule has 0 saturated heterocycles. The van der Waals surface area contributed by atoms with E-state index in [1.165, 1.54) is 19.2 Å². The number of nitrogens with one attached hydrogen (secondary N) is 1. The van der Waals surface area contributed by atoms with E-state index in [-0.39, 0.29) is 34.5 Å². The molecule has 106 valence electrons. The van der Waals surface area contributed by atoms with Crippen LogP contribution < -0.4 is 4.74 Å². The summed E-state index contributed by atoms with van der Waals surface area (Å²) < 4.78 is 9.89. The molecule has 2 rings (SSSR count). The largest absolute Gasteiger partial charge is 0.504 e. The maximum atomic E-state index is 11.8. The summed E-state index contributed by atoms with van der Waals surface area (Å²) in [7, 11) is 1.40. The fraction of sp³-hybridized carbons (Fsp3) is 0.250. The third-order valence-electron chi connectivity index (χ3n) is 2.54. The highest BCUT2D eigenvalue weighted by Crippen LogP contribution is 2.37. The highest BCUT2D eigenvalue weighted by Gasteiger charge is 2.22. The summed E-state index contributed by atoms with van der Waals surface area (Å²) in [6.45, 7) is 1.91. The van der Waals surface area contributed by atoms with Crippen molar-refractivity contribution in [3.8, 4) is 22.8 Å². The minimum absolute atomic E-state index is 0.0153. The van der Waals surface area contributed by atoms with Gasteiger partial charge in [-0.25, -0.2) is 4.79 Å². The van der Waals surface area contributed by atoms with E-state index in [1.807, 2.05) is 0 Å². The van der Waals surface area contributed by atoms with Crippen molar-refractivity contribution >= 4 is 17.6 Å². The van der Waals surface area contributed by atoms with Gasteiger partial charge >= 0.3 is 5.97 Å². The maximum Gasteiger partial charge on any atom is 0.361 e. The molecular weight excluding hydrogens is 286 g/mol. The van der Waals surface area contributed by atoms with Crippen molar-refractivity contribution in [2.75, 3.05) is 13.7 Å². The topological polar surface area (TPSA) is 97.3 Å². The predicted octanol–water partition coefficient (Wildman–Crippen LogP) is 2.02. The van der Waals surface area contributed by atoms with Crippen LogP contribution in [0, 0.1) is 0 Å². The van der Waals surface area contributed by atoms with E-state index >= 15 is 0 Å². The zero-order valence-corrected chi connectivity index (χ0v) is 11.6. The van der Waals surface area contributed by atoms with Crippen molar-refractivity contribution in [1.29, 1.82) is 0 Å². The number of esters is 1. The fourth-order valence-corrected chi connectivity index (χ4v) is 1.90. The van der Waals surface area contributed by atoms with E-state index in [0.717, 1.165) is 0 Å². The number of phenols is 1. The smallest absolute Gasteiger partial charge is 0.361 e. The molecule has 0 saturated carbocycles. The summed E-state index contributed by atoms with van der Waals surface area (Å²) in [5.41, 5.74) is 0.645. The van der Waals surface area contributed by atoms with Crippen molar-refractivity contribution in [1.82, 2.24) is 15.4 Å². The number of carbonyl (C=O) groups is 1. The summed E-state index contributed by atoms with van der Waals surface area (Å²) in [5.74, 6) is -0.510. The number of halogens is 1. The van der Waals surface area contributed by atoms with Crippen LogP contribution in [0.5, 0.6) is 11.5 Å². The van der Waals surface area contributed by atoms with E-state index in [1.54, 1.807) is 6.92 Å². The van der Waals surface area contributed by atoms with Crippen LogP contribution in [0.3, 0.4) is 0 Å². The standard InChI is InChI=1S/C12H12ClN3O4/c1-3-20-12(18)11-10(14-16-15-11)6-4-9(19-2)8(17)5-7(6)13/h4-5,17H,3H2,1-2H3,(H,14,15,16). The van der Waals surface area contributed by atoms with Crippen molar-refractivity contribution in [3.63, 3.8) is 0 Å². The third-order valence-corrected chi connectivity index (χ3v) is 2.85. The first kappa shape index (κ1) is 14.1. The van der Waals surface area contributed by atoms with E-state index in [0.29, 0.717) is 5.56 Å². The number of rotatable bonds is 4. The van der Waals surface area contributed by atoms with Crippen molar-refractivity contribution < 1.29 is 19.4 Å². The van der Waals surface area contributed by atoms with Gasteiger partial charge in [0.2, 0.25) is 0 Å². The molecule has 0 radical (unpaired) electrons. The molecule has 2 aromatic rings. The molecule has 7 nitrogen and oxygen atoms in total. The van der Waals surface area contributed by atoms with Crippen LogP contribution in [-0.2, 0) is 4.74 Å². The Hall–Kier alpha value is -2.28. The average molecular weight is 298 g/mol. The normalized spacial score (nSPS) is 10.3. The van der Waals surface area contributed by atoms with E-state index in [4.69, 9.17) is 21.1 Å². The number of aromatic amines is 1. The van der Waals surface area contributed by atoms with Gasteiger partial charge in [0.25, 0.3) is 0 Å². The highest BCUT2D eigenvalue weighted by molar-refractivity contribution is 6.33. The molecule has 0 aliphatic rings. The monoisotopic (exact) mass is 297 g/mol. The second-order valence-electron chi connectivity index (χ2n) is 3.75. The van der Waals surface area contributed by atoms with E-state index < -0.39 is 5.97 Å². The molecule has 1 aromatic carbocycles. The van der Waals surface area contributed by atoms with Crippen LogP contribution in [0.2, 0.25) is 5.02 Å². The number of H-pyrrole nitrogens is 1. The molecule has 8 heteroatoms. The number of methoxy groups -OCH3 is 1. The SMILES string of the molecule is CCOC(=O)c1n[nH]nc1-c1cc(OC)c(O)cc1Cl. The molecule has 20 heavy (non-hydrogen) atoms. The van der Waals surface area contributed by atoms with Gasteiger partial charge in [-0.15, -0.1) is 5.10 Å². The molecule has 0 fully saturated rings. The lowest BCUT2D eigenvalue weighted by atomic mass is 10.1. The maximum absolute atomic E-state index is 11.8. The Kier molecular flexibility index (Phi) is 4.09. The quantitative estimate of drug-likeness (QED) is 0.838. The Morgan fingerprint density at radius 1 is 1.45 bits per heavy atom. The second-order valence-corrected chi connectivity index (χ2v) is 4.15. The number of hydrogen-bond acceptors (Lipinski definition) is 6. The molecule has 0 bridgehead atoms. The van der Waals surface area contributed by atoms with Crippen LogP contribution in [0.15, 0.2) is 12.1 Å². The summed E-state index contributed by atoms with van der Waals surface area (Å²) >= 11 is 6.05. The van der Waals surface area contributed by atoms with Gasteiger partial charge in [-0.1, -0.05) is 11.6 Å². The van der Waals surface area contributed by atoms with Gasteiger partial charge in [-0.2, -0.15) is 10.3 Å². The van der Waals surface area contributed by atoms with Gasteiger partial charge in [-0.3, -0.25) is 0 Å². The lowest BCUT2D eigenvalue weighted by molar-refractivity contribution is 0.0520. The highest BCUT2D eigenvalue weighted by atomic mass is 35.5. The fourth-order valence-electron chi connectivity index (χ4n) is 1.65. The van der Waals surface area contributed by atoms with Gasteiger partial charge < -0.3 is 14.6 Å². The minimum atomic E-state index is -0.612. The van der Waals surface area contributed by atoms with Crippen molar-refractivity contribution in [2.24, 2.45) is 0 Å². The molecule has 0 atom stereocenters. The lowest BCUT2D eigenvalue weighted by Crippen LogP contribution is -2.07. The molecule has 0 unspecified atom stereocenters. The van der Waals surface area contributed by atoms with Gasteiger partial charge in [0.15, 0.2) is 17.2 Å². The summed E-state index contributed by atoms with van der Waals surface area (Å²) in [4.78, 5) is 11.8. The van der Waals surface area contributed by atoms with Crippen LogP contribution in [0.4, 0.5) is 0 Å². The Balaban J connectivity index is 2.52. The van der Waals surface area contributed by atoms with E-state index in [9.17, 15) is 9.90 Å². The third kappa shape index (κ3) is 2.53. The predicted molar refractivity (Wildman–Crippen MR) is 71.0 cm³/mol. The van der Waals surface area contributed by atoms with Gasteiger partial charge in [0, 0.05) is 11.6 Å². The van der Waals surface area contributed by atoms with Gasteiger partial charge in [0.05, 0.1) is 18.7 Å². The van der Waals surface area contributed by atoms with Gasteiger partial charge in [-0.05, 0) is 13.0 Å². The van der Waals surface area contributed by atoms with Crippen LogP contribution in [0.25, 0.3) is 11.3 Å². The Morgan fingerprint density at radius 2 is 2.20 bits per heavy atom. The Morgan fingerprint density at radius 3 is 2.85 bits per heavy atom. The number of nitrogens with zero attached hydrogens (tertiary/aromatic N) is 2. The van der Waals surface area contributed by atoms with Crippen molar-refractivity contribution in [3.05, 3.63) is 22.8 Å². The first-order valence-corrected chi connectivity index (χ1v) is 6.11. The lowest BCUT2D eigenvalue weighted by Gasteiger charge is -2.08. The zero-order valence-electron chi connectivity index (χ0n) is 10.8. The second kappa shape index (κ2) is 5.79. The average Bonchev–Trinajstić information content (AvgIpc) is 2.88. The van der Waals surface area contributed by atoms with Crippen LogP contribution in [-0.4, -0.2) is 40.2 Å².